The minimum Gasteiger partial charge on any atom is -0.507 e. The Kier molecular flexibility index (Phi) is 6.31. The van der Waals surface area contributed by atoms with Crippen molar-refractivity contribution in [3.63, 3.8) is 0 Å². The first-order valence-electron chi connectivity index (χ1n) is 11.1. The fourth-order valence-electron chi connectivity index (χ4n) is 5.98. The van der Waals surface area contributed by atoms with Crippen molar-refractivity contribution in [3.8, 4) is 5.75 Å². The molecule has 1 aromatic carbocycles. The number of nitrogens with two attached hydrogens (primary N) is 1. The molecule has 0 saturated heterocycles. The maximum absolute atomic E-state index is 13.7. The molecule has 0 aromatic heterocycles. The third-order valence-corrected chi connectivity index (χ3v) is 7.70. The van der Waals surface area contributed by atoms with Gasteiger partial charge in [0.25, 0.3) is 0 Å². The number of benzene rings is 1. The molecule has 2 saturated carbocycles. The van der Waals surface area contributed by atoms with E-state index in [1.54, 1.807) is 20.2 Å². The highest BCUT2D eigenvalue weighted by Crippen LogP contribution is 2.52. The lowest BCUT2D eigenvalue weighted by Crippen LogP contribution is -2.73. The molecule has 1 aromatic rings. The van der Waals surface area contributed by atoms with Crippen LogP contribution in [0.1, 0.15) is 23.1 Å². The van der Waals surface area contributed by atoms with E-state index in [9.17, 15) is 39.9 Å². The summed E-state index contributed by atoms with van der Waals surface area (Å²) in [6, 6.07) is 1.89. The molecule has 0 radical (unpaired) electrons. The van der Waals surface area contributed by atoms with Crippen molar-refractivity contribution >= 4 is 40.9 Å². The van der Waals surface area contributed by atoms with E-state index < -0.39 is 65.3 Å². The summed E-state index contributed by atoms with van der Waals surface area (Å²) < 4.78 is 0. The number of Topliss-reactive ketones (excluding diaryl/α,β-unsaturated/α-hetero) is 2. The van der Waals surface area contributed by atoms with Crippen molar-refractivity contribution in [3.05, 3.63) is 39.4 Å². The topological polar surface area (TPSA) is 182 Å². The van der Waals surface area contributed by atoms with Gasteiger partial charge in [0.15, 0.2) is 11.4 Å². The number of phenolic OH excluding ortho intramolecular Hbond substituents is 1. The van der Waals surface area contributed by atoms with Gasteiger partial charge in [-0.15, -0.1) is 0 Å². The minimum atomic E-state index is -2.70. The number of ketones is 2. The third-order valence-electron chi connectivity index (χ3n) is 7.47. The number of amides is 1. The van der Waals surface area contributed by atoms with E-state index in [0.717, 1.165) is 0 Å². The van der Waals surface area contributed by atoms with Gasteiger partial charge in [0.2, 0.25) is 11.7 Å². The number of likely N-dealkylation sites (N-methyl/N-ethyl adjacent to an activating group) is 1. The molecule has 3 aliphatic rings. The highest BCUT2D eigenvalue weighted by Gasteiger charge is 2.67. The van der Waals surface area contributed by atoms with Gasteiger partial charge in [0.05, 0.1) is 18.3 Å². The average Bonchev–Trinajstić information content (AvgIpc) is 2.77. The molecule has 3 aliphatic carbocycles. The average molecular weight is 507 g/mol. The summed E-state index contributed by atoms with van der Waals surface area (Å²) in [5.74, 6) is -7.94. The Morgan fingerprint density at radius 2 is 1.94 bits per heavy atom. The molecule has 5 unspecified atom stereocenters. The molecule has 10 nitrogen and oxygen atoms in total. The number of aliphatic hydroxyl groups is 4. The lowest BCUT2D eigenvalue weighted by atomic mass is 9.54. The van der Waals surface area contributed by atoms with Crippen LogP contribution in [0.5, 0.6) is 5.75 Å². The Morgan fingerprint density at radius 1 is 1.29 bits per heavy atom. The van der Waals surface area contributed by atoms with Crippen LogP contribution >= 0.6 is 11.6 Å². The zero-order chi connectivity index (χ0) is 26.0. The van der Waals surface area contributed by atoms with Crippen molar-refractivity contribution in [2.45, 2.75) is 30.6 Å². The van der Waals surface area contributed by atoms with Crippen LogP contribution in [0.4, 0.5) is 0 Å². The predicted octanol–water partition coefficient (Wildman–Crippen LogP) is -0.299. The summed E-state index contributed by atoms with van der Waals surface area (Å²) in [4.78, 5) is 40.6. The summed E-state index contributed by atoms with van der Waals surface area (Å²) in [6.45, 7) is -0.424. The standard InChI is InChI=1S/C24H27ClN2O8/c1-27(2)18-13-7-10-6-12-9(5-11(25)8-28)3-4-14(29)16(12)19(30)15(10)21(32)24(13,35)22(33)17(20(18)31)23(26)34/h3-5,10,13,17-18,20,28-31,35H,6-8H2,1-2H3,(H2,26,34)/b11-5-/t10?,13?,17?,18?,20?,24-/m0/s1. The Morgan fingerprint density at radius 3 is 2.51 bits per heavy atom. The van der Waals surface area contributed by atoms with Gasteiger partial charge in [-0.1, -0.05) is 17.7 Å². The number of hydrogen-bond donors (Lipinski definition) is 6. The number of aliphatic hydroxyl groups excluding tert-OH is 3. The van der Waals surface area contributed by atoms with Crippen LogP contribution in [0, 0.1) is 17.8 Å². The largest absolute Gasteiger partial charge is 0.507 e. The molecule has 35 heavy (non-hydrogen) atoms. The van der Waals surface area contributed by atoms with Crippen molar-refractivity contribution < 1.29 is 39.9 Å². The van der Waals surface area contributed by atoms with E-state index in [1.807, 2.05) is 0 Å². The molecule has 7 N–H and O–H groups in total. The van der Waals surface area contributed by atoms with Crippen molar-refractivity contribution in [2.75, 3.05) is 20.7 Å². The van der Waals surface area contributed by atoms with Crippen LogP contribution < -0.4 is 5.73 Å². The van der Waals surface area contributed by atoms with Crippen molar-refractivity contribution in [1.82, 2.24) is 4.90 Å². The molecule has 0 spiro atoms. The molecule has 0 aliphatic heterocycles. The predicted molar refractivity (Wildman–Crippen MR) is 125 cm³/mol. The highest BCUT2D eigenvalue weighted by molar-refractivity contribution is 6.31. The fourth-order valence-corrected chi connectivity index (χ4v) is 6.10. The fraction of sp³-hybridized carbons (Fsp3) is 0.458. The lowest BCUT2D eigenvalue weighted by Gasteiger charge is -2.53. The molecule has 0 bridgehead atoms. The Labute approximate surface area is 205 Å². The summed E-state index contributed by atoms with van der Waals surface area (Å²) in [5, 5.41) is 53.5. The molecular weight excluding hydrogens is 480 g/mol. The number of carbonyl (C=O) groups excluding carboxylic acids is 3. The van der Waals surface area contributed by atoms with Gasteiger partial charge in [0.1, 0.15) is 17.4 Å². The number of carbonyl (C=O) groups is 3. The van der Waals surface area contributed by atoms with Gasteiger partial charge in [0, 0.05) is 22.6 Å². The normalized spacial score (nSPS) is 32.9. The van der Waals surface area contributed by atoms with Crippen LogP contribution in [-0.4, -0.2) is 86.4 Å². The molecule has 2 fully saturated rings. The number of halogens is 1. The molecule has 4 rings (SSSR count). The Hall–Kier alpha value is -2.76. The van der Waals surface area contributed by atoms with Crippen molar-refractivity contribution in [2.24, 2.45) is 23.5 Å². The van der Waals surface area contributed by atoms with Crippen molar-refractivity contribution in [1.29, 1.82) is 0 Å². The minimum absolute atomic E-state index is 0.0186. The van der Waals surface area contributed by atoms with Crippen LogP contribution in [0.2, 0.25) is 0 Å². The van der Waals surface area contributed by atoms with Gasteiger partial charge < -0.3 is 36.2 Å². The third kappa shape index (κ3) is 3.59. The van der Waals surface area contributed by atoms with Crippen LogP contribution in [0.3, 0.4) is 0 Å². The van der Waals surface area contributed by atoms with E-state index in [2.05, 4.69) is 0 Å². The van der Waals surface area contributed by atoms with Gasteiger partial charge in [-0.2, -0.15) is 0 Å². The van der Waals surface area contributed by atoms with Gasteiger partial charge in [-0.25, -0.2) is 0 Å². The van der Waals surface area contributed by atoms with Crippen LogP contribution in [-0.2, 0) is 20.8 Å². The maximum atomic E-state index is 13.7. The molecule has 6 atom stereocenters. The van der Waals surface area contributed by atoms with E-state index in [4.69, 9.17) is 17.3 Å². The van der Waals surface area contributed by atoms with Crippen LogP contribution in [0.25, 0.3) is 11.8 Å². The second-order valence-corrected chi connectivity index (χ2v) is 10.1. The molecule has 188 valence electrons. The maximum Gasteiger partial charge on any atom is 0.230 e. The number of phenols is 1. The number of aromatic hydroxyl groups is 1. The summed E-state index contributed by atoms with van der Waals surface area (Å²) in [6.07, 6.45) is 0.0960. The summed E-state index contributed by atoms with van der Waals surface area (Å²) in [5.41, 5.74) is 3.37. The van der Waals surface area contributed by atoms with E-state index in [0.29, 0.717) is 11.1 Å². The molecule has 0 heterocycles. The van der Waals surface area contributed by atoms with E-state index >= 15 is 0 Å². The lowest BCUT2D eigenvalue weighted by molar-refractivity contribution is -0.184. The number of hydrogen-bond acceptors (Lipinski definition) is 9. The second kappa shape index (κ2) is 8.72. The van der Waals surface area contributed by atoms with Crippen LogP contribution in [0.15, 0.2) is 22.7 Å². The molecular formula is C24H27ClN2O8. The van der Waals surface area contributed by atoms with Gasteiger partial charge in [-0.05, 0) is 56.1 Å². The first-order chi connectivity index (χ1) is 16.4. The Bertz CT molecular complexity index is 1190. The smallest absolute Gasteiger partial charge is 0.230 e. The highest BCUT2D eigenvalue weighted by atomic mass is 35.5. The molecule has 11 heteroatoms. The SMILES string of the molecule is CN(C)C1C(O)C(C(N)=O)C(=O)[C@@]2(O)C(=O)C3=C(O)c4c(O)ccc(/C=C(\Cl)CO)c4CC3CC12. The second-order valence-electron chi connectivity index (χ2n) is 9.57. The zero-order valence-electron chi connectivity index (χ0n) is 19.1. The number of fused-ring (bicyclic) bond motifs is 3. The Balaban J connectivity index is 1.93. The summed E-state index contributed by atoms with van der Waals surface area (Å²) >= 11 is 5.99. The first-order valence-corrected chi connectivity index (χ1v) is 11.4. The number of rotatable bonds is 4. The number of nitrogens with zero attached hydrogens (tertiary/aromatic N) is 1. The van der Waals surface area contributed by atoms with Gasteiger partial charge >= 0.3 is 0 Å². The molecule has 1 amide bonds. The first kappa shape index (κ1) is 25.3. The number of primary amides is 1. The van der Waals surface area contributed by atoms with E-state index in [-0.39, 0.29) is 34.8 Å². The quantitative estimate of drug-likeness (QED) is 0.299. The zero-order valence-corrected chi connectivity index (χ0v) is 19.9. The summed E-state index contributed by atoms with van der Waals surface area (Å²) in [7, 11) is 3.17. The van der Waals surface area contributed by atoms with E-state index in [1.165, 1.54) is 17.0 Å². The van der Waals surface area contributed by atoms with Gasteiger partial charge in [-0.3, -0.25) is 14.4 Å². The monoisotopic (exact) mass is 506 g/mol.